The lowest BCUT2D eigenvalue weighted by Gasteiger charge is -2.38. The molecule has 2 aliphatic rings. The lowest BCUT2D eigenvalue weighted by molar-refractivity contribution is -0.0433. The minimum Gasteiger partial charge on any atom is -0.389 e. The van der Waals surface area contributed by atoms with Crippen LogP contribution in [0.1, 0.15) is 17.7 Å². The van der Waals surface area contributed by atoms with Gasteiger partial charge in [0.1, 0.15) is 0 Å². The smallest absolute Gasteiger partial charge is 0.0794 e. The van der Waals surface area contributed by atoms with Crippen molar-refractivity contribution in [3.05, 3.63) is 16.6 Å². The van der Waals surface area contributed by atoms with E-state index in [-0.39, 0.29) is 0 Å². The SMILES string of the molecule is OC1(Cc2cncs2)CCN2CCC1C2. The minimum absolute atomic E-state index is 0.459. The minimum atomic E-state index is -0.459. The average Bonchev–Trinajstić information content (AvgIpc) is 2.82. The van der Waals surface area contributed by atoms with Crippen molar-refractivity contribution in [3.63, 3.8) is 0 Å². The average molecular weight is 224 g/mol. The van der Waals surface area contributed by atoms with Crippen LogP contribution in [0.3, 0.4) is 0 Å². The fourth-order valence-electron chi connectivity index (χ4n) is 2.89. The van der Waals surface area contributed by atoms with Crippen molar-refractivity contribution < 1.29 is 5.11 Å². The summed E-state index contributed by atoms with van der Waals surface area (Å²) in [6, 6.07) is 0. The summed E-state index contributed by atoms with van der Waals surface area (Å²) < 4.78 is 0. The number of thiazole rings is 1. The maximum Gasteiger partial charge on any atom is 0.0794 e. The van der Waals surface area contributed by atoms with Gasteiger partial charge in [-0.15, -0.1) is 11.3 Å². The van der Waals surface area contributed by atoms with Gasteiger partial charge in [0.15, 0.2) is 0 Å². The van der Waals surface area contributed by atoms with Crippen LogP contribution in [-0.2, 0) is 6.42 Å². The molecule has 2 aliphatic heterocycles. The molecule has 2 saturated heterocycles. The quantitative estimate of drug-likeness (QED) is 0.818. The summed E-state index contributed by atoms with van der Waals surface area (Å²) in [5.41, 5.74) is 1.39. The van der Waals surface area contributed by atoms with Crippen molar-refractivity contribution in [2.75, 3.05) is 19.6 Å². The monoisotopic (exact) mass is 224 g/mol. The standard InChI is InChI=1S/C11H16N2OS/c14-11(5-10-6-12-8-15-10)2-4-13-3-1-9(11)7-13/h6,8-9,14H,1-5,7H2. The molecule has 1 N–H and O–H groups in total. The zero-order chi connectivity index (χ0) is 10.3. The molecule has 2 bridgehead atoms. The molecule has 1 aromatic rings. The lowest BCUT2D eigenvalue weighted by atomic mass is 9.79. The highest BCUT2D eigenvalue weighted by molar-refractivity contribution is 7.09. The predicted octanol–water partition coefficient (Wildman–Crippen LogP) is 1.14. The summed E-state index contributed by atoms with van der Waals surface area (Å²) in [4.78, 5) is 7.76. The van der Waals surface area contributed by atoms with Crippen LogP contribution < -0.4 is 0 Å². The van der Waals surface area contributed by atoms with Crippen molar-refractivity contribution in [3.8, 4) is 0 Å². The van der Waals surface area contributed by atoms with Gasteiger partial charge in [0, 0.05) is 36.5 Å². The van der Waals surface area contributed by atoms with E-state index in [0.717, 1.165) is 32.4 Å². The summed E-state index contributed by atoms with van der Waals surface area (Å²) in [6.07, 6.45) is 4.78. The maximum absolute atomic E-state index is 10.7. The molecule has 1 aromatic heterocycles. The van der Waals surface area contributed by atoms with E-state index in [2.05, 4.69) is 9.88 Å². The molecule has 0 radical (unpaired) electrons. The van der Waals surface area contributed by atoms with E-state index in [0.29, 0.717) is 5.92 Å². The summed E-state index contributed by atoms with van der Waals surface area (Å²) in [6.45, 7) is 3.33. The molecule has 3 rings (SSSR count). The van der Waals surface area contributed by atoms with E-state index in [1.807, 2.05) is 11.7 Å². The first-order valence-electron chi connectivity index (χ1n) is 5.58. The van der Waals surface area contributed by atoms with Crippen LogP contribution in [0.2, 0.25) is 0 Å². The Morgan fingerprint density at radius 2 is 2.53 bits per heavy atom. The Hall–Kier alpha value is -0.450. The van der Waals surface area contributed by atoms with Crippen LogP contribution in [-0.4, -0.2) is 40.2 Å². The van der Waals surface area contributed by atoms with Gasteiger partial charge in [-0.25, -0.2) is 0 Å². The summed E-state index contributed by atoms with van der Waals surface area (Å²) in [5, 5.41) is 10.7. The first-order valence-corrected chi connectivity index (χ1v) is 6.46. The second kappa shape index (κ2) is 3.54. The van der Waals surface area contributed by atoms with Gasteiger partial charge in [-0.1, -0.05) is 0 Å². The molecule has 2 fully saturated rings. The number of hydrogen-bond acceptors (Lipinski definition) is 4. The van der Waals surface area contributed by atoms with E-state index in [9.17, 15) is 5.11 Å². The van der Waals surface area contributed by atoms with E-state index < -0.39 is 5.60 Å². The van der Waals surface area contributed by atoms with Crippen LogP contribution in [0.25, 0.3) is 0 Å². The second-order valence-corrected chi connectivity index (χ2v) is 5.76. The molecule has 82 valence electrons. The third-order valence-electron chi connectivity index (χ3n) is 3.86. The molecule has 0 spiro atoms. The molecule has 4 heteroatoms. The van der Waals surface area contributed by atoms with Crippen molar-refractivity contribution in [1.82, 2.24) is 9.88 Å². The van der Waals surface area contributed by atoms with Crippen LogP contribution >= 0.6 is 11.3 Å². The number of fused-ring (bicyclic) bond motifs is 2. The van der Waals surface area contributed by atoms with Crippen molar-refractivity contribution >= 4 is 11.3 Å². The molecule has 0 aliphatic carbocycles. The van der Waals surface area contributed by atoms with Gasteiger partial charge < -0.3 is 10.0 Å². The third-order valence-corrected chi connectivity index (χ3v) is 4.64. The third kappa shape index (κ3) is 1.71. The summed E-state index contributed by atoms with van der Waals surface area (Å²) in [5.74, 6) is 0.480. The number of aliphatic hydroxyl groups is 1. The first kappa shape index (κ1) is 9.75. The summed E-state index contributed by atoms with van der Waals surface area (Å²) >= 11 is 1.66. The van der Waals surface area contributed by atoms with Crippen LogP contribution in [0.5, 0.6) is 0 Å². The van der Waals surface area contributed by atoms with Crippen LogP contribution in [0.15, 0.2) is 11.7 Å². The van der Waals surface area contributed by atoms with Crippen molar-refractivity contribution in [2.45, 2.75) is 24.9 Å². The zero-order valence-electron chi connectivity index (χ0n) is 8.72. The Labute approximate surface area is 93.8 Å². The van der Waals surface area contributed by atoms with E-state index >= 15 is 0 Å². The van der Waals surface area contributed by atoms with Crippen LogP contribution in [0, 0.1) is 5.92 Å². The lowest BCUT2D eigenvalue weighted by Crippen LogP contribution is -2.47. The predicted molar refractivity (Wildman–Crippen MR) is 59.9 cm³/mol. The molecule has 3 unspecified atom stereocenters. The molecule has 0 saturated carbocycles. The van der Waals surface area contributed by atoms with Crippen LogP contribution in [0.4, 0.5) is 0 Å². The molecule has 3 atom stereocenters. The van der Waals surface area contributed by atoms with E-state index in [4.69, 9.17) is 0 Å². The second-order valence-electron chi connectivity index (χ2n) is 4.78. The molecule has 3 heterocycles. The van der Waals surface area contributed by atoms with Gasteiger partial charge in [-0.05, 0) is 19.4 Å². The maximum atomic E-state index is 10.7. The molecular formula is C11H16N2OS. The highest BCUT2D eigenvalue weighted by atomic mass is 32.1. The first-order chi connectivity index (χ1) is 7.26. The largest absolute Gasteiger partial charge is 0.389 e. The topological polar surface area (TPSA) is 36.4 Å². The van der Waals surface area contributed by atoms with Gasteiger partial charge in [0.2, 0.25) is 0 Å². The highest BCUT2D eigenvalue weighted by Crippen LogP contribution is 2.38. The van der Waals surface area contributed by atoms with Gasteiger partial charge in [-0.2, -0.15) is 0 Å². The molecule has 15 heavy (non-hydrogen) atoms. The highest BCUT2D eigenvalue weighted by Gasteiger charge is 2.44. The van der Waals surface area contributed by atoms with Crippen molar-refractivity contribution in [1.29, 1.82) is 0 Å². The van der Waals surface area contributed by atoms with E-state index in [1.54, 1.807) is 11.3 Å². The molecule has 3 nitrogen and oxygen atoms in total. The summed E-state index contributed by atoms with van der Waals surface area (Å²) in [7, 11) is 0. The number of nitrogens with zero attached hydrogens (tertiary/aromatic N) is 2. The number of rotatable bonds is 2. The fourth-order valence-corrected chi connectivity index (χ4v) is 3.61. The van der Waals surface area contributed by atoms with Gasteiger partial charge in [0.25, 0.3) is 0 Å². The molecule has 0 amide bonds. The van der Waals surface area contributed by atoms with Gasteiger partial charge >= 0.3 is 0 Å². The number of aromatic nitrogens is 1. The number of hydrogen-bond donors (Lipinski definition) is 1. The Morgan fingerprint density at radius 1 is 1.60 bits per heavy atom. The van der Waals surface area contributed by atoms with Crippen molar-refractivity contribution in [2.24, 2.45) is 5.92 Å². The normalized spacial score (nSPS) is 39.5. The Morgan fingerprint density at radius 3 is 3.33 bits per heavy atom. The van der Waals surface area contributed by atoms with Gasteiger partial charge in [-0.3, -0.25) is 4.98 Å². The fraction of sp³-hybridized carbons (Fsp3) is 0.727. The zero-order valence-corrected chi connectivity index (χ0v) is 9.54. The van der Waals surface area contributed by atoms with Gasteiger partial charge in [0.05, 0.1) is 11.1 Å². The number of piperidine rings is 1. The Balaban J connectivity index is 1.78. The molecule has 0 aromatic carbocycles. The Bertz CT molecular complexity index is 340. The van der Waals surface area contributed by atoms with E-state index in [1.165, 1.54) is 11.4 Å². The Kier molecular flexibility index (Phi) is 2.30. The molecular weight excluding hydrogens is 208 g/mol.